The maximum Gasteiger partial charge on any atom is 0.314 e. The third kappa shape index (κ3) is 2.37. The average Bonchev–Trinajstić information content (AvgIpc) is 2.72. The number of fused-ring (bicyclic) bond motifs is 1. The van der Waals surface area contributed by atoms with Crippen LogP contribution in [0.4, 0.5) is 4.79 Å². The second kappa shape index (κ2) is 4.41. The van der Waals surface area contributed by atoms with Gasteiger partial charge in [-0.1, -0.05) is 0 Å². The Morgan fingerprint density at radius 3 is 2.71 bits per heavy atom. The van der Waals surface area contributed by atoms with Crippen LogP contribution in [0.1, 0.15) is 13.8 Å². The van der Waals surface area contributed by atoms with Crippen LogP contribution in [0.15, 0.2) is 0 Å². The summed E-state index contributed by atoms with van der Waals surface area (Å²) in [6, 6.07) is -0.766. The molecule has 2 heterocycles. The van der Waals surface area contributed by atoms with E-state index < -0.39 is 30.3 Å². The number of hydrogen-bond donors (Lipinski definition) is 3. The average molecular weight is 246 g/mol. The van der Waals surface area contributed by atoms with Crippen LogP contribution in [0.5, 0.6) is 0 Å². The predicted molar refractivity (Wildman–Crippen MR) is 57.2 cm³/mol. The van der Waals surface area contributed by atoms with Crippen molar-refractivity contribution in [3.63, 3.8) is 0 Å². The topological polar surface area (TPSA) is 89.1 Å². The fourth-order valence-electron chi connectivity index (χ4n) is 2.13. The Morgan fingerprint density at radius 2 is 2.12 bits per heavy atom. The number of ether oxygens (including phenoxy) is 3. The number of amides is 2. The Balaban J connectivity index is 2.08. The van der Waals surface area contributed by atoms with E-state index in [-0.39, 0.29) is 12.6 Å². The third-order valence-electron chi connectivity index (χ3n) is 2.86. The van der Waals surface area contributed by atoms with Crippen LogP contribution in [0, 0.1) is 0 Å². The number of nitrogens with one attached hydrogen (secondary N) is 2. The lowest BCUT2D eigenvalue weighted by Gasteiger charge is -2.25. The maximum atomic E-state index is 11.3. The van der Waals surface area contributed by atoms with Crippen molar-refractivity contribution in [3.05, 3.63) is 0 Å². The summed E-state index contributed by atoms with van der Waals surface area (Å²) in [5.74, 6) is -0.738. The lowest BCUT2D eigenvalue weighted by molar-refractivity contribution is -0.210. The summed E-state index contributed by atoms with van der Waals surface area (Å²) in [6.07, 6.45) is -1.47. The molecule has 0 aromatic rings. The molecule has 0 saturated carbocycles. The largest absolute Gasteiger partial charge is 0.394 e. The molecule has 2 aliphatic heterocycles. The van der Waals surface area contributed by atoms with Crippen LogP contribution < -0.4 is 10.6 Å². The Kier molecular flexibility index (Phi) is 3.26. The maximum absolute atomic E-state index is 11.3. The molecule has 0 aromatic heterocycles. The van der Waals surface area contributed by atoms with E-state index in [9.17, 15) is 9.90 Å². The second-order valence-corrected chi connectivity index (χ2v) is 4.57. The van der Waals surface area contributed by atoms with Gasteiger partial charge in [0, 0.05) is 7.05 Å². The Labute approximate surface area is 99.4 Å². The van der Waals surface area contributed by atoms with Crippen molar-refractivity contribution in [2.75, 3.05) is 13.7 Å². The van der Waals surface area contributed by atoms with E-state index in [2.05, 4.69) is 10.6 Å². The highest BCUT2D eigenvalue weighted by atomic mass is 16.8. The molecule has 0 bridgehead atoms. The van der Waals surface area contributed by atoms with Crippen molar-refractivity contribution >= 4 is 6.03 Å². The van der Waals surface area contributed by atoms with Gasteiger partial charge in [0.15, 0.2) is 12.1 Å². The van der Waals surface area contributed by atoms with E-state index >= 15 is 0 Å². The molecule has 2 aliphatic rings. The van der Waals surface area contributed by atoms with Gasteiger partial charge in [0.25, 0.3) is 0 Å². The zero-order valence-electron chi connectivity index (χ0n) is 10.1. The number of urea groups is 1. The first-order valence-corrected chi connectivity index (χ1v) is 5.57. The summed E-state index contributed by atoms with van der Waals surface area (Å²) in [4.78, 5) is 11.3. The van der Waals surface area contributed by atoms with Gasteiger partial charge < -0.3 is 30.0 Å². The van der Waals surface area contributed by atoms with E-state index in [0.29, 0.717) is 0 Å². The number of carbonyl (C=O) groups excluding carboxylic acids is 1. The van der Waals surface area contributed by atoms with Gasteiger partial charge >= 0.3 is 6.03 Å². The summed E-state index contributed by atoms with van der Waals surface area (Å²) in [5, 5.41) is 14.4. The van der Waals surface area contributed by atoms with Crippen molar-refractivity contribution < 1.29 is 24.1 Å². The lowest BCUT2D eigenvalue weighted by Crippen LogP contribution is -2.51. The smallest absolute Gasteiger partial charge is 0.314 e. The number of aliphatic hydroxyl groups is 1. The first kappa shape index (κ1) is 12.6. The van der Waals surface area contributed by atoms with Crippen molar-refractivity contribution in [1.82, 2.24) is 10.6 Å². The number of aliphatic hydroxyl groups excluding tert-OH is 1. The van der Waals surface area contributed by atoms with Gasteiger partial charge in [-0.05, 0) is 13.8 Å². The molecule has 0 aliphatic carbocycles. The molecular weight excluding hydrogens is 228 g/mol. The molecule has 2 rings (SSSR count). The van der Waals surface area contributed by atoms with Crippen molar-refractivity contribution in [2.24, 2.45) is 0 Å². The lowest BCUT2D eigenvalue weighted by atomic mass is 10.1. The summed E-state index contributed by atoms with van der Waals surface area (Å²) in [6.45, 7) is 3.36. The molecule has 0 radical (unpaired) electrons. The minimum atomic E-state index is -0.738. The molecule has 0 unspecified atom stereocenters. The molecule has 7 nitrogen and oxygen atoms in total. The molecule has 0 aromatic carbocycles. The van der Waals surface area contributed by atoms with Crippen molar-refractivity contribution in [2.45, 2.75) is 44.2 Å². The van der Waals surface area contributed by atoms with Gasteiger partial charge in [-0.3, -0.25) is 0 Å². The quantitative estimate of drug-likeness (QED) is 0.591. The molecular formula is C10H18N2O5. The fraction of sp³-hybridized carbons (Fsp3) is 0.900. The Morgan fingerprint density at radius 1 is 1.41 bits per heavy atom. The van der Waals surface area contributed by atoms with E-state index in [1.165, 1.54) is 7.05 Å². The fourth-order valence-corrected chi connectivity index (χ4v) is 2.13. The molecule has 98 valence electrons. The zero-order valence-corrected chi connectivity index (χ0v) is 10.1. The van der Waals surface area contributed by atoms with Gasteiger partial charge in [-0.15, -0.1) is 0 Å². The molecule has 2 fully saturated rings. The zero-order chi connectivity index (χ0) is 12.6. The minimum Gasteiger partial charge on any atom is -0.394 e. The van der Waals surface area contributed by atoms with E-state index in [1.54, 1.807) is 13.8 Å². The molecule has 2 amide bonds. The molecule has 17 heavy (non-hydrogen) atoms. The van der Waals surface area contributed by atoms with E-state index in [4.69, 9.17) is 14.2 Å². The van der Waals surface area contributed by atoms with Crippen LogP contribution in [-0.4, -0.2) is 55.1 Å². The van der Waals surface area contributed by atoms with Crippen LogP contribution in [-0.2, 0) is 14.2 Å². The SMILES string of the molecule is CNC(=O)N[C@@H]1[C@@H]2OC(C)(C)O[C@H]2O[C@H]1CO. The molecule has 0 spiro atoms. The molecule has 2 saturated heterocycles. The molecule has 4 atom stereocenters. The first-order chi connectivity index (χ1) is 7.96. The highest BCUT2D eigenvalue weighted by Gasteiger charge is 2.54. The van der Waals surface area contributed by atoms with Crippen molar-refractivity contribution in [1.29, 1.82) is 0 Å². The number of carbonyl (C=O) groups is 1. The monoisotopic (exact) mass is 246 g/mol. The van der Waals surface area contributed by atoms with Crippen LogP contribution in [0.3, 0.4) is 0 Å². The first-order valence-electron chi connectivity index (χ1n) is 5.57. The third-order valence-corrected chi connectivity index (χ3v) is 2.86. The predicted octanol–water partition coefficient (Wildman–Crippen LogP) is -0.847. The Bertz CT molecular complexity index is 309. The second-order valence-electron chi connectivity index (χ2n) is 4.57. The molecule has 3 N–H and O–H groups in total. The van der Waals surface area contributed by atoms with Gasteiger partial charge in [0.05, 0.1) is 12.6 Å². The van der Waals surface area contributed by atoms with Gasteiger partial charge in [-0.2, -0.15) is 0 Å². The van der Waals surface area contributed by atoms with Crippen LogP contribution in [0.25, 0.3) is 0 Å². The standard InChI is InChI=1S/C10H18N2O5/c1-10(2)16-7-6(12-9(14)11-3)5(4-13)15-8(7)17-10/h5-8,13H,4H2,1-3H3,(H2,11,12,14)/t5-,6-,7-,8+/m0/s1. The van der Waals surface area contributed by atoms with Crippen molar-refractivity contribution in [3.8, 4) is 0 Å². The van der Waals surface area contributed by atoms with E-state index in [0.717, 1.165) is 0 Å². The van der Waals surface area contributed by atoms with Crippen LogP contribution in [0.2, 0.25) is 0 Å². The number of hydrogen-bond acceptors (Lipinski definition) is 5. The summed E-state index contributed by atoms with van der Waals surface area (Å²) < 4.78 is 16.7. The summed E-state index contributed by atoms with van der Waals surface area (Å²) >= 11 is 0. The summed E-state index contributed by atoms with van der Waals surface area (Å²) in [5.41, 5.74) is 0. The van der Waals surface area contributed by atoms with Gasteiger partial charge in [0.1, 0.15) is 12.2 Å². The molecule has 7 heteroatoms. The van der Waals surface area contributed by atoms with Gasteiger partial charge in [-0.25, -0.2) is 4.79 Å². The minimum absolute atomic E-state index is 0.200. The van der Waals surface area contributed by atoms with E-state index in [1.807, 2.05) is 0 Å². The highest BCUT2D eigenvalue weighted by molar-refractivity contribution is 5.74. The number of rotatable bonds is 2. The Hall–Kier alpha value is -0.890. The summed E-state index contributed by atoms with van der Waals surface area (Å²) in [7, 11) is 1.52. The van der Waals surface area contributed by atoms with Gasteiger partial charge in [0.2, 0.25) is 0 Å². The van der Waals surface area contributed by atoms with Crippen LogP contribution >= 0.6 is 0 Å². The highest BCUT2D eigenvalue weighted by Crippen LogP contribution is 2.37. The normalized spacial score (nSPS) is 38.8.